The first-order valence-corrected chi connectivity index (χ1v) is 5.94. The second kappa shape index (κ2) is 5.19. The van der Waals surface area contributed by atoms with Gasteiger partial charge in [-0.05, 0) is 43.2 Å². The van der Waals surface area contributed by atoms with Gasteiger partial charge in [-0.25, -0.2) is 0 Å². The van der Waals surface area contributed by atoms with Gasteiger partial charge in [-0.1, -0.05) is 23.7 Å². The molecule has 88 valence electrons. The van der Waals surface area contributed by atoms with Crippen LogP contribution in [-0.4, -0.2) is 4.98 Å². The number of anilines is 1. The molecule has 1 N–H and O–H groups in total. The van der Waals surface area contributed by atoms with Gasteiger partial charge in [-0.15, -0.1) is 0 Å². The number of halogens is 1. The Morgan fingerprint density at radius 1 is 1.18 bits per heavy atom. The molecule has 0 radical (unpaired) electrons. The fourth-order valence-corrected chi connectivity index (χ4v) is 1.68. The number of benzene rings is 1. The van der Waals surface area contributed by atoms with E-state index >= 15 is 0 Å². The number of nitrogens with one attached hydrogen (secondary N) is 1. The Morgan fingerprint density at radius 3 is 2.65 bits per heavy atom. The third-order valence-corrected chi connectivity index (χ3v) is 3.03. The predicted octanol–water partition coefficient (Wildman–Crippen LogP) is 3.96. The van der Waals surface area contributed by atoms with Crippen LogP contribution in [-0.2, 0) is 6.54 Å². The van der Waals surface area contributed by atoms with Crippen molar-refractivity contribution in [1.29, 1.82) is 0 Å². The normalized spacial score (nSPS) is 10.3. The topological polar surface area (TPSA) is 24.9 Å². The molecule has 0 atom stereocenters. The Bertz CT molecular complexity index is 506. The van der Waals surface area contributed by atoms with Crippen molar-refractivity contribution in [2.75, 3.05) is 5.32 Å². The first-order chi connectivity index (χ1) is 8.15. The van der Waals surface area contributed by atoms with Crippen LogP contribution in [0, 0.1) is 13.8 Å². The van der Waals surface area contributed by atoms with Crippen LogP contribution < -0.4 is 5.32 Å². The predicted molar refractivity (Wildman–Crippen MR) is 72.5 cm³/mol. The van der Waals surface area contributed by atoms with Crippen molar-refractivity contribution >= 4 is 17.3 Å². The van der Waals surface area contributed by atoms with E-state index in [1.54, 1.807) is 0 Å². The summed E-state index contributed by atoms with van der Waals surface area (Å²) in [5, 5.41) is 4.09. The monoisotopic (exact) mass is 246 g/mol. The molecular formula is C14H15ClN2. The summed E-state index contributed by atoms with van der Waals surface area (Å²) in [5.41, 5.74) is 4.30. The van der Waals surface area contributed by atoms with Gasteiger partial charge in [0.25, 0.3) is 0 Å². The van der Waals surface area contributed by atoms with Crippen LogP contribution in [0.15, 0.2) is 36.5 Å². The summed E-state index contributed by atoms with van der Waals surface area (Å²) in [5.74, 6) is 0. The van der Waals surface area contributed by atoms with Crippen LogP contribution in [0.3, 0.4) is 0 Å². The average Bonchev–Trinajstić information content (AvgIpc) is 2.33. The van der Waals surface area contributed by atoms with Crippen molar-refractivity contribution < 1.29 is 0 Å². The Kier molecular flexibility index (Phi) is 3.64. The second-order valence-electron chi connectivity index (χ2n) is 4.14. The van der Waals surface area contributed by atoms with Crippen molar-refractivity contribution in [2.45, 2.75) is 20.4 Å². The van der Waals surface area contributed by atoms with Gasteiger partial charge in [-0.2, -0.15) is 0 Å². The van der Waals surface area contributed by atoms with E-state index in [1.165, 1.54) is 5.56 Å². The summed E-state index contributed by atoms with van der Waals surface area (Å²) in [7, 11) is 0. The fraction of sp³-hybridized carbons (Fsp3) is 0.214. The SMILES string of the molecule is Cc1ccc(CNc2ccc(C)c(Cl)c2)nc1. The molecule has 1 aromatic heterocycles. The summed E-state index contributed by atoms with van der Waals surface area (Å²) in [6.07, 6.45) is 1.87. The molecule has 0 aliphatic rings. The molecule has 2 aromatic rings. The zero-order valence-electron chi connectivity index (χ0n) is 10.00. The molecule has 3 heteroatoms. The highest BCUT2D eigenvalue weighted by Crippen LogP contribution is 2.20. The quantitative estimate of drug-likeness (QED) is 0.887. The van der Waals surface area contributed by atoms with Gasteiger partial charge in [0.05, 0.1) is 12.2 Å². The molecule has 1 aromatic carbocycles. The Labute approximate surface area is 107 Å². The van der Waals surface area contributed by atoms with E-state index in [9.17, 15) is 0 Å². The molecule has 2 rings (SSSR count). The van der Waals surface area contributed by atoms with E-state index in [2.05, 4.69) is 16.4 Å². The molecule has 0 saturated heterocycles. The minimum Gasteiger partial charge on any atom is -0.379 e. The Balaban J connectivity index is 2.02. The second-order valence-corrected chi connectivity index (χ2v) is 4.55. The van der Waals surface area contributed by atoms with Crippen molar-refractivity contribution in [2.24, 2.45) is 0 Å². The third-order valence-electron chi connectivity index (χ3n) is 2.62. The van der Waals surface area contributed by atoms with Crippen LogP contribution in [0.2, 0.25) is 5.02 Å². The summed E-state index contributed by atoms with van der Waals surface area (Å²) in [6, 6.07) is 10.1. The minimum atomic E-state index is 0.708. The van der Waals surface area contributed by atoms with Crippen LogP contribution >= 0.6 is 11.6 Å². The van der Waals surface area contributed by atoms with Gasteiger partial charge < -0.3 is 5.32 Å². The van der Waals surface area contributed by atoms with E-state index in [0.717, 1.165) is 22.0 Å². The number of aromatic nitrogens is 1. The number of aryl methyl sites for hydroxylation is 2. The van der Waals surface area contributed by atoms with Crippen molar-refractivity contribution in [3.05, 3.63) is 58.4 Å². The number of nitrogens with zero attached hydrogens (tertiary/aromatic N) is 1. The highest BCUT2D eigenvalue weighted by atomic mass is 35.5. The minimum absolute atomic E-state index is 0.708. The maximum Gasteiger partial charge on any atom is 0.0594 e. The lowest BCUT2D eigenvalue weighted by molar-refractivity contribution is 1.04. The molecule has 0 aliphatic carbocycles. The summed E-state index contributed by atoms with van der Waals surface area (Å²) < 4.78 is 0. The number of pyridine rings is 1. The van der Waals surface area contributed by atoms with Gasteiger partial charge in [0.2, 0.25) is 0 Å². The van der Waals surface area contributed by atoms with Crippen molar-refractivity contribution in [1.82, 2.24) is 4.98 Å². The molecule has 0 spiro atoms. The lowest BCUT2D eigenvalue weighted by atomic mass is 10.2. The summed E-state index contributed by atoms with van der Waals surface area (Å²) in [4.78, 5) is 4.34. The molecule has 0 fully saturated rings. The fourth-order valence-electron chi connectivity index (χ4n) is 1.50. The summed E-state index contributed by atoms with van der Waals surface area (Å²) >= 11 is 6.06. The number of hydrogen-bond acceptors (Lipinski definition) is 2. The van der Waals surface area contributed by atoms with Crippen molar-refractivity contribution in [3.8, 4) is 0 Å². The van der Waals surface area contributed by atoms with Crippen LogP contribution in [0.25, 0.3) is 0 Å². The van der Waals surface area contributed by atoms with Crippen LogP contribution in [0.5, 0.6) is 0 Å². The maximum atomic E-state index is 6.06. The first kappa shape index (κ1) is 11.9. The van der Waals surface area contributed by atoms with E-state index in [-0.39, 0.29) is 0 Å². The first-order valence-electron chi connectivity index (χ1n) is 5.57. The van der Waals surface area contributed by atoms with E-state index < -0.39 is 0 Å². The van der Waals surface area contributed by atoms with Gasteiger partial charge in [-0.3, -0.25) is 4.98 Å². The molecular weight excluding hydrogens is 232 g/mol. The molecule has 17 heavy (non-hydrogen) atoms. The maximum absolute atomic E-state index is 6.06. The lowest BCUT2D eigenvalue weighted by Gasteiger charge is -2.07. The van der Waals surface area contributed by atoms with E-state index in [0.29, 0.717) is 6.54 Å². The molecule has 0 unspecified atom stereocenters. The highest BCUT2D eigenvalue weighted by molar-refractivity contribution is 6.31. The van der Waals surface area contributed by atoms with Gasteiger partial charge in [0, 0.05) is 16.9 Å². The molecule has 0 bridgehead atoms. The Morgan fingerprint density at radius 2 is 2.00 bits per heavy atom. The summed E-state index contributed by atoms with van der Waals surface area (Å²) in [6.45, 7) is 4.73. The Hall–Kier alpha value is -1.54. The molecule has 0 saturated carbocycles. The van der Waals surface area contributed by atoms with Gasteiger partial charge in [0.15, 0.2) is 0 Å². The van der Waals surface area contributed by atoms with Crippen LogP contribution in [0.1, 0.15) is 16.8 Å². The van der Waals surface area contributed by atoms with Gasteiger partial charge in [0.1, 0.15) is 0 Å². The third kappa shape index (κ3) is 3.21. The molecule has 0 aliphatic heterocycles. The average molecular weight is 247 g/mol. The largest absolute Gasteiger partial charge is 0.379 e. The smallest absolute Gasteiger partial charge is 0.0594 e. The van der Waals surface area contributed by atoms with E-state index in [1.807, 2.05) is 44.3 Å². The zero-order valence-corrected chi connectivity index (χ0v) is 10.8. The molecule has 1 heterocycles. The van der Waals surface area contributed by atoms with Crippen molar-refractivity contribution in [3.63, 3.8) is 0 Å². The van der Waals surface area contributed by atoms with Crippen LogP contribution in [0.4, 0.5) is 5.69 Å². The highest BCUT2D eigenvalue weighted by Gasteiger charge is 1.98. The molecule has 2 nitrogen and oxygen atoms in total. The number of hydrogen-bond donors (Lipinski definition) is 1. The van der Waals surface area contributed by atoms with Gasteiger partial charge >= 0.3 is 0 Å². The standard InChI is InChI=1S/C14H15ClN2/c1-10-3-5-13(16-8-10)9-17-12-6-4-11(2)14(15)7-12/h3-8,17H,9H2,1-2H3. The lowest BCUT2D eigenvalue weighted by Crippen LogP contribution is -2.01. The number of rotatable bonds is 3. The molecule has 0 amide bonds. The van der Waals surface area contributed by atoms with E-state index in [4.69, 9.17) is 11.6 Å². The zero-order chi connectivity index (χ0) is 12.3.